The summed E-state index contributed by atoms with van der Waals surface area (Å²) in [5.74, 6) is 0.789. The molecule has 1 aliphatic carbocycles. The molecule has 1 amide bonds. The van der Waals surface area contributed by atoms with Gasteiger partial charge in [-0.2, -0.15) is 5.26 Å². The van der Waals surface area contributed by atoms with Crippen molar-refractivity contribution in [3.05, 3.63) is 0 Å². The van der Waals surface area contributed by atoms with E-state index in [2.05, 4.69) is 11.4 Å². The highest BCUT2D eigenvalue weighted by Crippen LogP contribution is 2.27. The van der Waals surface area contributed by atoms with Crippen molar-refractivity contribution in [1.29, 1.82) is 5.26 Å². The molecule has 1 atom stereocenters. The Bertz CT molecular complexity index is 264. The summed E-state index contributed by atoms with van der Waals surface area (Å²) in [7, 11) is 0. The van der Waals surface area contributed by atoms with E-state index in [1.807, 2.05) is 6.92 Å². The van der Waals surface area contributed by atoms with Crippen molar-refractivity contribution in [2.75, 3.05) is 0 Å². The third kappa shape index (κ3) is 5.72. The maximum atomic E-state index is 11.7. The van der Waals surface area contributed by atoms with Crippen LogP contribution in [0.5, 0.6) is 0 Å². The number of amides is 1. The third-order valence-electron chi connectivity index (χ3n) is 3.57. The number of carbonyl (C=O) groups excluding carboxylic acids is 1. The summed E-state index contributed by atoms with van der Waals surface area (Å²) in [6.07, 6.45) is 9.84. The van der Waals surface area contributed by atoms with Crippen molar-refractivity contribution in [2.24, 2.45) is 5.92 Å². The van der Waals surface area contributed by atoms with Crippen molar-refractivity contribution in [3.8, 4) is 6.07 Å². The van der Waals surface area contributed by atoms with E-state index in [0.717, 1.165) is 25.2 Å². The molecule has 1 saturated carbocycles. The molecule has 3 nitrogen and oxygen atoms in total. The molecule has 3 heteroatoms. The van der Waals surface area contributed by atoms with Crippen molar-refractivity contribution < 1.29 is 4.79 Å². The lowest BCUT2D eigenvalue weighted by Gasteiger charge is -2.21. The van der Waals surface area contributed by atoms with E-state index in [0.29, 0.717) is 6.42 Å². The first-order valence-electron chi connectivity index (χ1n) is 6.95. The Morgan fingerprint density at radius 3 is 2.71 bits per heavy atom. The van der Waals surface area contributed by atoms with E-state index in [-0.39, 0.29) is 11.9 Å². The van der Waals surface area contributed by atoms with E-state index < -0.39 is 0 Å². The van der Waals surface area contributed by atoms with Gasteiger partial charge < -0.3 is 5.32 Å². The SMILES string of the molecule is CCCC(C#N)NC(=O)CCC1CCCCC1. The molecule has 0 bridgehead atoms. The van der Waals surface area contributed by atoms with Crippen LogP contribution in [0.15, 0.2) is 0 Å². The average Bonchev–Trinajstić information content (AvgIpc) is 2.37. The minimum absolute atomic E-state index is 0.0515. The Morgan fingerprint density at radius 1 is 1.41 bits per heavy atom. The molecule has 0 aromatic carbocycles. The fraction of sp³-hybridized carbons (Fsp3) is 0.857. The lowest BCUT2D eigenvalue weighted by atomic mass is 9.86. The maximum Gasteiger partial charge on any atom is 0.221 e. The summed E-state index contributed by atoms with van der Waals surface area (Å²) < 4.78 is 0. The van der Waals surface area contributed by atoms with Gasteiger partial charge in [0, 0.05) is 6.42 Å². The molecule has 1 aliphatic rings. The van der Waals surface area contributed by atoms with Gasteiger partial charge >= 0.3 is 0 Å². The molecular weight excluding hydrogens is 212 g/mol. The van der Waals surface area contributed by atoms with Gasteiger partial charge in [-0.05, 0) is 18.8 Å². The lowest BCUT2D eigenvalue weighted by Crippen LogP contribution is -2.33. The second-order valence-electron chi connectivity index (χ2n) is 5.08. The predicted octanol–water partition coefficient (Wildman–Crippen LogP) is 3.16. The number of hydrogen-bond acceptors (Lipinski definition) is 2. The Balaban J connectivity index is 2.17. The van der Waals surface area contributed by atoms with Crippen LogP contribution >= 0.6 is 0 Å². The zero-order valence-corrected chi connectivity index (χ0v) is 10.9. The van der Waals surface area contributed by atoms with Crippen molar-refractivity contribution in [3.63, 3.8) is 0 Å². The van der Waals surface area contributed by atoms with Crippen LogP contribution in [0.3, 0.4) is 0 Å². The largest absolute Gasteiger partial charge is 0.340 e. The molecule has 1 N–H and O–H groups in total. The highest BCUT2D eigenvalue weighted by atomic mass is 16.1. The van der Waals surface area contributed by atoms with Gasteiger partial charge in [0.25, 0.3) is 0 Å². The first kappa shape index (κ1) is 14.0. The molecule has 0 aliphatic heterocycles. The van der Waals surface area contributed by atoms with Gasteiger partial charge in [-0.1, -0.05) is 45.4 Å². The molecule has 0 heterocycles. The minimum atomic E-state index is -0.293. The van der Waals surface area contributed by atoms with Crippen LogP contribution in [0.4, 0.5) is 0 Å². The Kier molecular flexibility index (Phi) is 6.69. The molecule has 0 aromatic rings. The number of nitrogens with zero attached hydrogens (tertiary/aromatic N) is 1. The van der Waals surface area contributed by atoms with Gasteiger partial charge in [-0.15, -0.1) is 0 Å². The molecule has 0 radical (unpaired) electrons. The molecule has 0 spiro atoms. The minimum Gasteiger partial charge on any atom is -0.340 e. The van der Waals surface area contributed by atoms with Crippen LogP contribution in [0.25, 0.3) is 0 Å². The van der Waals surface area contributed by atoms with Crippen LogP contribution < -0.4 is 5.32 Å². The Labute approximate surface area is 105 Å². The van der Waals surface area contributed by atoms with Crippen LogP contribution in [-0.2, 0) is 4.79 Å². The second kappa shape index (κ2) is 8.11. The van der Waals surface area contributed by atoms with Crippen LogP contribution in [0.1, 0.15) is 64.7 Å². The van der Waals surface area contributed by atoms with E-state index in [4.69, 9.17) is 5.26 Å². The first-order chi connectivity index (χ1) is 8.26. The fourth-order valence-corrected chi connectivity index (χ4v) is 2.54. The monoisotopic (exact) mass is 236 g/mol. The van der Waals surface area contributed by atoms with E-state index in [9.17, 15) is 4.79 Å². The number of hydrogen-bond donors (Lipinski definition) is 1. The normalized spacial score (nSPS) is 18.4. The quantitative estimate of drug-likeness (QED) is 0.770. The average molecular weight is 236 g/mol. The second-order valence-corrected chi connectivity index (χ2v) is 5.08. The molecule has 96 valence electrons. The van der Waals surface area contributed by atoms with Gasteiger partial charge in [0.05, 0.1) is 6.07 Å². The molecule has 17 heavy (non-hydrogen) atoms. The third-order valence-corrected chi connectivity index (χ3v) is 3.57. The zero-order valence-electron chi connectivity index (χ0n) is 10.9. The van der Waals surface area contributed by atoms with E-state index in [1.54, 1.807) is 0 Å². The highest BCUT2D eigenvalue weighted by molar-refractivity contribution is 5.76. The van der Waals surface area contributed by atoms with Crippen molar-refractivity contribution in [2.45, 2.75) is 70.8 Å². The van der Waals surface area contributed by atoms with Gasteiger partial charge in [0.2, 0.25) is 5.91 Å². The van der Waals surface area contributed by atoms with E-state index in [1.165, 1.54) is 32.1 Å². The molecular formula is C14H24N2O. The van der Waals surface area contributed by atoms with E-state index >= 15 is 0 Å². The summed E-state index contributed by atoms with van der Waals surface area (Å²) in [4.78, 5) is 11.7. The summed E-state index contributed by atoms with van der Waals surface area (Å²) >= 11 is 0. The summed E-state index contributed by atoms with van der Waals surface area (Å²) in [5, 5.41) is 11.7. The first-order valence-corrected chi connectivity index (χ1v) is 6.95. The maximum absolute atomic E-state index is 11.7. The smallest absolute Gasteiger partial charge is 0.221 e. The van der Waals surface area contributed by atoms with Crippen molar-refractivity contribution >= 4 is 5.91 Å². The Morgan fingerprint density at radius 2 is 2.12 bits per heavy atom. The van der Waals surface area contributed by atoms with Crippen molar-refractivity contribution in [1.82, 2.24) is 5.32 Å². The Hall–Kier alpha value is -1.04. The molecule has 1 rings (SSSR count). The van der Waals surface area contributed by atoms with Crippen LogP contribution in [-0.4, -0.2) is 11.9 Å². The zero-order chi connectivity index (χ0) is 12.5. The van der Waals surface area contributed by atoms with Gasteiger partial charge in [0.1, 0.15) is 6.04 Å². The standard InChI is InChI=1S/C14H24N2O/c1-2-6-13(11-15)16-14(17)10-9-12-7-4-3-5-8-12/h12-13H,2-10H2,1H3,(H,16,17). The van der Waals surface area contributed by atoms with Gasteiger partial charge in [-0.25, -0.2) is 0 Å². The number of nitrogens with one attached hydrogen (secondary N) is 1. The number of rotatable bonds is 6. The number of carbonyl (C=O) groups is 1. The molecule has 1 unspecified atom stereocenters. The van der Waals surface area contributed by atoms with Crippen LogP contribution in [0.2, 0.25) is 0 Å². The summed E-state index contributed by atoms with van der Waals surface area (Å²) in [5.41, 5.74) is 0. The fourth-order valence-electron chi connectivity index (χ4n) is 2.54. The van der Waals surface area contributed by atoms with Gasteiger partial charge in [0.15, 0.2) is 0 Å². The molecule has 0 saturated heterocycles. The molecule has 0 aromatic heterocycles. The van der Waals surface area contributed by atoms with Crippen LogP contribution in [0, 0.1) is 17.2 Å². The summed E-state index contributed by atoms with van der Waals surface area (Å²) in [6.45, 7) is 2.03. The predicted molar refractivity (Wildman–Crippen MR) is 68.3 cm³/mol. The topological polar surface area (TPSA) is 52.9 Å². The summed E-state index contributed by atoms with van der Waals surface area (Å²) in [6, 6.07) is 1.85. The highest BCUT2D eigenvalue weighted by Gasteiger charge is 2.16. The lowest BCUT2D eigenvalue weighted by molar-refractivity contribution is -0.121. The number of nitriles is 1. The molecule has 1 fully saturated rings. The van der Waals surface area contributed by atoms with Gasteiger partial charge in [-0.3, -0.25) is 4.79 Å².